The molecule has 0 fully saturated rings. The predicted molar refractivity (Wildman–Crippen MR) is 64.2 cm³/mol. The van der Waals surface area contributed by atoms with E-state index in [0.29, 0.717) is 24.5 Å². The van der Waals surface area contributed by atoms with Gasteiger partial charge >= 0.3 is 0 Å². The van der Waals surface area contributed by atoms with Gasteiger partial charge in [0.15, 0.2) is 0 Å². The van der Waals surface area contributed by atoms with Crippen molar-refractivity contribution in [1.29, 1.82) is 5.41 Å². The number of aryl methyl sites for hydroxylation is 1. The van der Waals surface area contributed by atoms with Crippen molar-refractivity contribution in [3.05, 3.63) is 29.3 Å². The number of benzene rings is 1. The minimum Gasteiger partial charge on any atom is -0.493 e. The van der Waals surface area contributed by atoms with Crippen molar-refractivity contribution in [3.63, 3.8) is 0 Å². The molecular weight excluding hydrogens is 204 g/mol. The van der Waals surface area contributed by atoms with Gasteiger partial charge in [0.2, 0.25) is 0 Å². The first-order valence-corrected chi connectivity index (χ1v) is 5.22. The van der Waals surface area contributed by atoms with E-state index in [0.717, 1.165) is 12.0 Å². The number of amidine groups is 1. The largest absolute Gasteiger partial charge is 0.493 e. The van der Waals surface area contributed by atoms with Crippen molar-refractivity contribution in [2.45, 2.75) is 13.3 Å². The van der Waals surface area contributed by atoms with E-state index in [2.05, 4.69) is 0 Å². The van der Waals surface area contributed by atoms with Crippen LogP contribution in [0.2, 0.25) is 0 Å². The molecule has 0 aliphatic heterocycles. The van der Waals surface area contributed by atoms with E-state index in [9.17, 15) is 0 Å². The molecule has 0 bridgehead atoms. The van der Waals surface area contributed by atoms with Crippen LogP contribution in [-0.2, 0) is 4.74 Å². The molecule has 0 saturated carbocycles. The first kappa shape index (κ1) is 12.5. The van der Waals surface area contributed by atoms with Crippen molar-refractivity contribution >= 4 is 5.84 Å². The van der Waals surface area contributed by atoms with Crippen LogP contribution < -0.4 is 10.5 Å². The van der Waals surface area contributed by atoms with Gasteiger partial charge in [-0.1, -0.05) is 11.6 Å². The lowest BCUT2D eigenvalue weighted by Gasteiger charge is -2.11. The zero-order valence-corrected chi connectivity index (χ0v) is 9.75. The van der Waals surface area contributed by atoms with Gasteiger partial charge in [-0.25, -0.2) is 0 Å². The molecule has 0 aliphatic rings. The number of hydrogen-bond acceptors (Lipinski definition) is 3. The number of methoxy groups -OCH3 is 1. The van der Waals surface area contributed by atoms with Gasteiger partial charge in [0.05, 0.1) is 12.2 Å². The Bertz CT molecular complexity index is 364. The molecule has 0 amide bonds. The summed E-state index contributed by atoms with van der Waals surface area (Å²) in [7, 11) is 1.66. The topological polar surface area (TPSA) is 68.3 Å². The van der Waals surface area contributed by atoms with E-state index in [1.165, 1.54) is 0 Å². The molecule has 0 aromatic heterocycles. The molecule has 1 rings (SSSR count). The third-order valence-electron chi connectivity index (χ3n) is 2.18. The lowest BCUT2D eigenvalue weighted by atomic mass is 10.1. The Morgan fingerprint density at radius 2 is 2.12 bits per heavy atom. The molecule has 0 radical (unpaired) electrons. The highest BCUT2D eigenvalue weighted by Crippen LogP contribution is 2.19. The quantitative estimate of drug-likeness (QED) is 0.437. The smallest absolute Gasteiger partial charge is 0.130 e. The molecule has 1 aromatic carbocycles. The van der Waals surface area contributed by atoms with E-state index in [-0.39, 0.29) is 5.84 Å². The van der Waals surface area contributed by atoms with Crippen molar-refractivity contribution in [3.8, 4) is 5.75 Å². The summed E-state index contributed by atoms with van der Waals surface area (Å²) >= 11 is 0. The minimum atomic E-state index is 0.0328. The first-order chi connectivity index (χ1) is 7.65. The van der Waals surface area contributed by atoms with Crippen molar-refractivity contribution in [2.75, 3.05) is 20.3 Å². The Morgan fingerprint density at radius 3 is 2.75 bits per heavy atom. The average molecular weight is 222 g/mol. The average Bonchev–Trinajstić information content (AvgIpc) is 2.26. The molecule has 1 aromatic rings. The molecule has 0 aliphatic carbocycles. The second-order valence-corrected chi connectivity index (χ2v) is 3.61. The summed E-state index contributed by atoms with van der Waals surface area (Å²) in [5.41, 5.74) is 7.21. The van der Waals surface area contributed by atoms with Crippen LogP contribution in [0.4, 0.5) is 0 Å². The monoisotopic (exact) mass is 222 g/mol. The van der Waals surface area contributed by atoms with Crippen LogP contribution in [0.25, 0.3) is 0 Å². The lowest BCUT2D eigenvalue weighted by Crippen LogP contribution is -2.14. The number of nitrogens with one attached hydrogen (secondary N) is 1. The number of nitrogen functional groups attached to an aromatic ring is 1. The van der Waals surface area contributed by atoms with Crippen LogP contribution in [0, 0.1) is 12.3 Å². The van der Waals surface area contributed by atoms with Gasteiger partial charge in [-0.2, -0.15) is 0 Å². The number of hydrogen-bond donors (Lipinski definition) is 2. The molecule has 0 atom stereocenters. The molecule has 0 saturated heterocycles. The predicted octanol–water partition coefficient (Wildman–Crippen LogP) is 1.69. The molecule has 16 heavy (non-hydrogen) atoms. The summed E-state index contributed by atoms with van der Waals surface area (Å²) in [5.74, 6) is 0.694. The third kappa shape index (κ3) is 3.55. The second-order valence-electron chi connectivity index (χ2n) is 3.61. The molecule has 4 heteroatoms. The maximum atomic E-state index is 7.46. The normalized spacial score (nSPS) is 10.1. The van der Waals surface area contributed by atoms with E-state index < -0.39 is 0 Å². The summed E-state index contributed by atoms with van der Waals surface area (Å²) < 4.78 is 10.5. The fourth-order valence-corrected chi connectivity index (χ4v) is 1.37. The second kappa shape index (κ2) is 6.12. The van der Waals surface area contributed by atoms with Crippen LogP contribution in [0.15, 0.2) is 18.2 Å². The van der Waals surface area contributed by atoms with Crippen molar-refractivity contribution in [1.82, 2.24) is 0 Å². The molecule has 0 unspecified atom stereocenters. The van der Waals surface area contributed by atoms with Gasteiger partial charge < -0.3 is 15.2 Å². The standard InChI is InChI=1S/C12H18N2O2/c1-9-4-5-11(10(8-9)12(13)14)16-7-3-6-15-2/h4-5,8H,3,6-7H2,1-2H3,(H3,13,14). The highest BCUT2D eigenvalue weighted by atomic mass is 16.5. The molecule has 88 valence electrons. The first-order valence-electron chi connectivity index (χ1n) is 5.22. The highest BCUT2D eigenvalue weighted by molar-refractivity contribution is 5.97. The Hall–Kier alpha value is -1.55. The van der Waals surface area contributed by atoms with Crippen LogP contribution in [0.3, 0.4) is 0 Å². The van der Waals surface area contributed by atoms with Crippen LogP contribution >= 0.6 is 0 Å². The Labute approximate surface area is 95.9 Å². The zero-order valence-electron chi connectivity index (χ0n) is 9.75. The number of ether oxygens (including phenoxy) is 2. The maximum absolute atomic E-state index is 7.46. The third-order valence-corrected chi connectivity index (χ3v) is 2.18. The van der Waals surface area contributed by atoms with Gasteiger partial charge in [0.25, 0.3) is 0 Å². The van der Waals surface area contributed by atoms with Crippen LogP contribution in [-0.4, -0.2) is 26.2 Å². The van der Waals surface area contributed by atoms with Crippen LogP contribution in [0.1, 0.15) is 17.5 Å². The van der Waals surface area contributed by atoms with Gasteiger partial charge in [0, 0.05) is 20.1 Å². The van der Waals surface area contributed by atoms with Crippen molar-refractivity contribution < 1.29 is 9.47 Å². The van der Waals surface area contributed by atoms with Crippen molar-refractivity contribution in [2.24, 2.45) is 5.73 Å². The van der Waals surface area contributed by atoms with Crippen LogP contribution in [0.5, 0.6) is 5.75 Å². The molecule has 0 spiro atoms. The van der Waals surface area contributed by atoms with E-state index >= 15 is 0 Å². The van der Waals surface area contributed by atoms with Gasteiger partial charge in [0.1, 0.15) is 11.6 Å². The molecule has 3 N–H and O–H groups in total. The number of nitrogens with two attached hydrogens (primary N) is 1. The van der Waals surface area contributed by atoms with E-state index in [1.807, 2.05) is 25.1 Å². The van der Waals surface area contributed by atoms with E-state index in [4.69, 9.17) is 20.6 Å². The lowest BCUT2D eigenvalue weighted by molar-refractivity contribution is 0.172. The highest BCUT2D eigenvalue weighted by Gasteiger charge is 2.06. The molecule has 0 heterocycles. The molecular formula is C12H18N2O2. The SMILES string of the molecule is COCCCOc1ccc(C)cc1C(=N)N. The number of rotatable bonds is 6. The fraction of sp³-hybridized carbons (Fsp3) is 0.417. The van der Waals surface area contributed by atoms with Gasteiger partial charge in [-0.15, -0.1) is 0 Å². The Balaban J connectivity index is 2.67. The summed E-state index contributed by atoms with van der Waals surface area (Å²) in [6.45, 7) is 3.19. The minimum absolute atomic E-state index is 0.0328. The van der Waals surface area contributed by atoms with Gasteiger partial charge in [-0.05, 0) is 19.1 Å². The maximum Gasteiger partial charge on any atom is 0.130 e. The summed E-state index contributed by atoms with van der Waals surface area (Å²) in [4.78, 5) is 0. The summed E-state index contributed by atoms with van der Waals surface area (Å²) in [5, 5.41) is 7.46. The zero-order chi connectivity index (χ0) is 12.0. The van der Waals surface area contributed by atoms with E-state index in [1.54, 1.807) is 7.11 Å². The van der Waals surface area contributed by atoms with Gasteiger partial charge in [-0.3, -0.25) is 5.41 Å². The Morgan fingerprint density at radius 1 is 1.38 bits per heavy atom. The molecule has 4 nitrogen and oxygen atoms in total. The fourth-order valence-electron chi connectivity index (χ4n) is 1.37. The summed E-state index contributed by atoms with van der Waals surface area (Å²) in [6, 6.07) is 5.64. The summed E-state index contributed by atoms with van der Waals surface area (Å²) in [6.07, 6.45) is 0.821. The Kier molecular flexibility index (Phi) is 4.79.